The van der Waals surface area contributed by atoms with Gasteiger partial charge >= 0.3 is 11.9 Å². The highest BCUT2D eigenvalue weighted by molar-refractivity contribution is 7.91. The van der Waals surface area contributed by atoms with Crippen LogP contribution in [0.4, 0.5) is 8.78 Å². The van der Waals surface area contributed by atoms with Crippen LogP contribution in [0.3, 0.4) is 0 Å². The molecule has 19 heteroatoms. The van der Waals surface area contributed by atoms with Crippen molar-refractivity contribution in [2.75, 3.05) is 7.11 Å². The summed E-state index contributed by atoms with van der Waals surface area (Å²) in [6.45, 7) is 1.82. The number of H-pyrrole nitrogens is 1. The summed E-state index contributed by atoms with van der Waals surface area (Å²) in [7, 11) is -10.7. The van der Waals surface area contributed by atoms with Gasteiger partial charge in [0.25, 0.3) is 10.0 Å². The van der Waals surface area contributed by atoms with Crippen molar-refractivity contribution in [3.63, 3.8) is 0 Å². The number of sulfone groups is 2. The van der Waals surface area contributed by atoms with Crippen LogP contribution in [-0.2, 0) is 45.9 Å². The Balaban J connectivity index is 0.000000228. The first-order valence-corrected chi connectivity index (χ1v) is 23.5. The van der Waals surface area contributed by atoms with Gasteiger partial charge in [-0.3, -0.25) is 5.10 Å². The second kappa shape index (κ2) is 19.8. The zero-order chi connectivity index (χ0) is 46.9. The average molecular weight is 937 g/mol. The van der Waals surface area contributed by atoms with Gasteiger partial charge in [0.15, 0.2) is 19.7 Å². The van der Waals surface area contributed by atoms with Crippen LogP contribution in [0.2, 0.25) is 0 Å². The van der Waals surface area contributed by atoms with E-state index in [1.165, 1.54) is 129 Å². The largest absolute Gasteiger partial charge is 0.478 e. The summed E-state index contributed by atoms with van der Waals surface area (Å²) < 4.78 is 110. The Labute approximate surface area is 372 Å². The number of aromatic nitrogens is 4. The molecular formula is C46H34F2N4O10S3. The predicted molar refractivity (Wildman–Crippen MR) is 232 cm³/mol. The van der Waals surface area contributed by atoms with Gasteiger partial charge in [0.05, 0.1) is 55.8 Å². The number of hydrogen-bond acceptors (Lipinski definition) is 11. The van der Waals surface area contributed by atoms with Crippen molar-refractivity contribution in [1.82, 2.24) is 19.4 Å². The molecule has 0 unspecified atom stereocenters. The first-order valence-electron chi connectivity index (χ1n) is 18.8. The Morgan fingerprint density at radius 2 is 1.17 bits per heavy atom. The fourth-order valence-electron chi connectivity index (χ4n) is 5.81. The number of aromatic carboxylic acids is 1. The molecular weight excluding hydrogens is 903 g/mol. The summed E-state index contributed by atoms with van der Waals surface area (Å²) in [5.74, 6) is 7.19. The molecule has 2 heterocycles. The lowest BCUT2D eigenvalue weighted by molar-refractivity contribution is 0.0599. The second-order valence-electron chi connectivity index (χ2n) is 13.8. The number of nitrogens with one attached hydrogen (secondary N) is 1. The van der Waals surface area contributed by atoms with E-state index in [9.17, 15) is 48.7 Å². The number of methoxy groups -OCH3 is 1. The van der Waals surface area contributed by atoms with Crippen LogP contribution < -0.4 is 0 Å². The molecule has 0 atom stereocenters. The molecule has 7 aromatic rings. The molecule has 0 aliphatic heterocycles. The zero-order valence-electron chi connectivity index (χ0n) is 34.1. The first kappa shape index (κ1) is 46.8. The molecule has 5 aromatic carbocycles. The SMILES string of the molecule is COC(=O)c1ccc(S(=O)(=O)Cc2ccn(S(=O)(=O)c3ccc(C)cc3)n2)c(C#Cc2ccc(F)cc2)c1.O=C(O)c1ccc(S(=O)(=O)Cc2cc[nH]n2)c(C#Cc2ccc(F)cc2)c1. The number of carboxylic acids is 1. The van der Waals surface area contributed by atoms with Gasteiger partial charge < -0.3 is 9.84 Å². The van der Waals surface area contributed by atoms with Crippen LogP contribution in [0.5, 0.6) is 0 Å². The third-order valence-corrected chi connectivity index (χ3v) is 14.1. The molecule has 7 rings (SSSR count). The molecule has 14 nitrogen and oxygen atoms in total. The average Bonchev–Trinajstić information content (AvgIpc) is 3.98. The molecule has 2 N–H and O–H groups in total. The van der Waals surface area contributed by atoms with Crippen molar-refractivity contribution in [1.29, 1.82) is 0 Å². The number of aromatic amines is 1. The zero-order valence-corrected chi connectivity index (χ0v) is 36.5. The number of carbonyl (C=O) groups excluding carboxylic acids is 1. The summed E-state index contributed by atoms with van der Waals surface area (Å²) in [6, 6.07) is 27.1. The Morgan fingerprint density at radius 3 is 1.66 bits per heavy atom. The Bertz CT molecular complexity index is 3370. The van der Waals surface area contributed by atoms with E-state index in [0.29, 0.717) is 16.8 Å². The van der Waals surface area contributed by atoms with Crippen LogP contribution in [0.1, 0.15) is 59.9 Å². The number of carboxylic acid groups (broad SMARTS) is 1. The fraction of sp³-hybridized carbons (Fsp3) is 0.0870. The van der Waals surface area contributed by atoms with E-state index < -0.39 is 59.0 Å². The number of rotatable bonds is 10. The standard InChI is InChI=1S/C27H21FN2O6S2.C19H13FN2O4S/c1-19-3-12-25(13-4-19)38(34,35)30-16-15-24(29-30)18-37(32,33)26-14-9-22(27(31)36-2)17-21(26)8-5-20-6-10-23(28)11-7-20;20-16-6-2-13(3-7-16)1-4-14-11-15(19(23)24)5-8-18(14)27(25,26)12-17-9-10-21-22-17/h3-4,6-7,9-17H,18H2,1-2H3;2-3,5-11H,12H2,(H,21,22)(H,23,24). The van der Waals surface area contributed by atoms with Crippen molar-refractivity contribution in [2.24, 2.45) is 0 Å². The van der Waals surface area contributed by atoms with E-state index in [0.717, 1.165) is 9.65 Å². The van der Waals surface area contributed by atoms with Gasteiger partial charge in [-0.15, -0.1) is 0 Å². The van der Waals surface area contributed by atoms with Gasteiger partial charge in [-0.2, -0.15) is 22.7 Å². The van der Waals surface area contributed by atoms with E-state index >= 15 is 0 Å². The predicted octanol–water partition coefficient (Wildman–Crippen LogP) is 6.35. The van der Waals surface area contributed by atoms with Crippen LogP contribution >= 0.6 is 0 Å². The Morgan fingerprint density at radius 1 is 0.662 bits per heavy atom. The first-order chi connectivity index (χ1) is 30.8. The normalized spacial score (nSPS) is 11.2. The quantitative estimate of drug-likeness (QED) is 0.114. The smallest absolute Gasteiger partial charge is 0.337 e. The van der Waals surface area contributed by atoms with Gasteiger partial charge in [0, 0.05) is 34.6 Å². The van der Waals surface area contributed by atoms with Crippen LogP contribution in [-0.4, -0.2) is 68.8 Å². The van der Waals surface area contributed by atoms with Crippen LogP contribution in [0, 0.1) is 42.2 Å². The number of aryl methyl sites for hydroxylation is 1. The van der Waals surface area contributed by atoms with E-state index in [4.69, 9.17) is 4.74 Å². The van der Waals surface area contributed by atoms with E-state index in [2.05, 4.69) is 39.0 Å². The van der Waals surface area contributed by atoms with Gasteiger partial charge in [-0.1, -0.05) is 41.4 Å². The molecule has 0 aliphatic rings. The molecule has 0 bridgehead atoms. The molecule has 0 aliphatic carbocycles. The van der Waals surface area contributed by atoms with Crippen LogP contribution in [0.15, 0.2) is 148 Å². The minimum Gasteiger partial charge on any atom is -0.478 e. The number of benzene rings is 5. The molecule has 0 saturated heterocycles. The highest BCUT2D eigenvalue weighted by Crippen LogP contribution is 2.24. The Kier molecular flexibility index (Phi) is 14.2. The van der Waals surface area contributed by atoms with Crippen molar-refractivity contribution in [3.8, 4) is 23.7 Å². The summed E-state index contributed by atoms with van der Waals surface area (Å²) in [5.41, 5.74) is 2.17. The third kappa shape index (κ3) is 11.9. The molecule has 65 heavy (non-hydrogen) atoms. The highest BCUT2D eigenvalue weighted by atomic mass is 32.2. The van der Waals surface area contributed by atoms with Gasteiger partial charge in [-0.25, -0.2) is 35.2 Å². The van der Waals surface area contributed by atoms with Gasteiger partial charge in [-0.05, 0) is 116 Å². The third-order valence-electron chi connectivity index (χ3n) is 9.09. The molecule has 0 amide bonds. The topological polar surface area (TPSA) is 213 Å². The maximum atomic E-state index is 13.4. The lowest BCUT2D eigenvalue weighted by atomic mass is 10.1. The highest BCUT2D eigenvalue weighted by Gasteiger charge is 2.25. The molecule has 0 saturated carbocycles. The number of carbonyl (C=O) groups is 2. The van der Waals surface area contributed by atoms with E-state index in [1.807, 2.05) is 6.92 Å². The minimum absolute atomic E-state index is 0.00447. The monoisotopic (exact) mass is 936 g/mol. The summed E-state index contributed by atoms with van der Waals surface area (Å²) in [6.07, 6.45) is 2.68. The molecule has 0 spiro atoms. The lowest BCUT2D eigenvalue weighted by Gasteiger charge is -2.08. The second-order valence-corrected chi connectivity index (χ2v) is 19.5. The molecule has 2 aromatic heterocycles. The molecule has 0 radical (unpaired) electrons. The van der Waals surface area contributed by atoms with Crippen molar-refractivity contribution in [3.05, 3.63) is 196 Å². The number of esters is 1. The Hall–Kier alpha value is -7.71. The van der Waals surface area contributed by atoms with E-state index in [1.54, 1.807) is 12.1 Å². The molecule has 330 valence electrons. The van der Waals surface area contributed by atoms with E-state index in [-0.39, 0.29) is 48.4 Å². The number of hydrogen-bond donors (Lipinski definition) is 2. The molecule has 0 fully saturated rings. The maximum absolute atomic E-state index is 13.4. The van der Waals surface area contributed by atoms with Crippen molar-refractivity contribution in [2.45, 2.75) is 33.1 Å². The summed E-state index contributed by atoms with van der Waals surface area (Å²) >= 11 is 0. The minimum atomic E-state index is -4.09. The summed E-state index contributed by atoms with van der Waals surface area (Å²) in [4.78, 5) is 23.0. The van der Waals surface area contributed by atoms with Crippen molar-refractivity contribution < 1.29 is 53.5 Å². The fourth-order valence-corrected chi connectivity index (χ4v) is 9.78. The van der Waals surface area contributed by atoms with Crippen molar-refractivity contribution >= 4 is 41.6 Å². The van der Waals surface area contributed by atoms with Gasteiger partial charge in [0.1, 0.15) is 11.6 Å². The summed E-state index contributed by atoms with van der Waals surface area (Å²) in [5, 5.41) is 19.5. The maximum Gasteiger partial charge on any atom is 0.337 e. The number of nitrogens with zero attached hydrogens (tertiary/aromatic N) is 3. The lowest BCUT2D eigenvalue weighted by Crippen LogP contribution is -2.15. The van der Waals surface area contributed by atoms with Gasteiger partial charge in [0.2, 0.25) is 0 Å². The van der Waals surface area contributed by atoms with Crippen LogP contribution in [0.25, 0.3) is 0 Å². The number of halogens is 2. The number of ether oxygens (including phenoxy) is 1.